The zero-order valence-electron chi connectivity index (χ0n) is 13.4. The molecule has 1 aliphatic heterocycles. The number of fused-ring (bicyclic) bond motifs is 1. The van der Waals surface area contributed by atoms with Gasteiger partial charge in [0.1, 0.15) is 11.3 Å². The lowest BCUT2D eigenvalue weighted by Gasteiger charge is -2.30. The minimum absolute atomic E-state index is 0.0608. The van der Waals surface area contributed by atoms with Gasteiger partial charge in [-0.05, 0) is 12.1 Å². The molecule has 1 saturated heterocycles. The van der Waals surface area contributed by atoms with Gasteiger partial charge in [-0.15, -0.1) is 0 Å². The molecule has 126 valence electrons. The first-order valence-electron chi connectivity index (χ1n) is 7.92. The molecule has 0 saturated carbocycles. The number of hydrogen-bond acceptors (Lipinski definition) is 4. The molecule has 3 rings (SSSR count). The van der Waals surface area contributed by atoms with Crippen molar-refractivity contribution in [3.8, 4) is 0 Å². The second kappa shape index (κ2) is 6.88. The lowest BCUT2D eigenvalue weighted by Crippen LogP contribution is -2.48. The summed E-state index contributed by atoms with van der Waals surface area (Å²) in [5.74, 6) is -0.451. The van der Waals surface area contributed by atoms with Crippen LogP contribution in [0.25, 0.3) is 17.0 Å². The molecule has 0 bridgehead atoms. The number of hydrogen-bond donors (Lipinski definition) is 1. The molecule has 2 heterocycles. The van der Waals surface area contributed by atoms with Gasteiger partial charge in [-0.2, -0.15) is 0 Å². The minimum atomic E-state index is -1.05. The molecular weight excluding hydrogens is 310 g/mol. The number of amides is 1. The van der Waals surface area contributed by atoms with Crippen LogP contribution in [0.3, 0.4) is 0 Å². The van der Waals surface area contributed by atoms with Gasteiger partial charge in [0.05, 0.1) is 13.2 Å². The number of para-hydroxylation sites is 1. The van der Waals surface area contributed by atoms with Crippen LogP contribution >= 0.6 is 0 Å². The second-order valence-electron chi connectivity index (χ2n) is 5.60. The van der Waals surface area contributed by atoms with Gasteiger partial charge < -0.3 is 19.2 Å². The topological polar surface area (TPSA) is 80.0 Å². The lowest BCUT2D eigenvalue weighted by atomic mass is 10.1. The normalized spacial score (nSPS) is 18.4. The van der Waals surface area contributed by atoms with E-state index in [0.29, 0.717) is 6.54 Å². The van der Waals surface area contributed by atoms with Gasteiger partial charge in [0, 0.05) is 30.0 Å². The van der Waals surface area contributed by atoms with Gasteiger partial charge in [-0.25, -0.2) is 4.79 Å². The first-order valence-corrected chi connectivity index (χ1v) is 7.92. The summed E-state index contributed by atoms with van der Waals surface area (Å²) in [7, 11) is 0. The van der Waals surface area contributed by atoms with Crippen molar-refractivity contribution in [2.24, 2.45) is 0 Å². The Kier molecular flexibility index (Phi) is 4.66. The highest BCUT2D eigenvalue weighted by atomic mass is 16.5. The number of carboxylic acids is 1. The monoisotopic (exact) mass is 329 g/mol. The quantitative estimate of drug-likeness (QED) is 0.871. The Morgan fingerprint density at radius 3 is 2.92 bits per heavy atom. The Morgan fingerprint density at radius 1 is 1.38 bits per heavy atom. The molecule has 1 aliphatic rings. The summed E-state index contributed by atoms with van der Waals surface area (Å²) in [4.78, 5) is 24.9. The van der Waals surface area contributed by atoms with E-state index in [1.165, 1.54) is 11.0 Å². The van der Waals surface area contributed by atoms with Crippen LogP contribution in [0.1, 0.15) is 18.2 Å². The van der Waals surface area contributed by atoms with E-state index in [0.717, 1.165) is 28.7 Å². The smallest absolute Gasteiger partial charge is 0.334 e. The fourth-order valence-electron chi connectivity index (χ4n) is 2.82. The predicted octanol–water partition coefficient (Wildman–Crippen LogP) is 2.32. The Bertz CT molecular complexity index is 792. The number of ether oxygens (including phenoxy) is 1. The van der Waals surface area contributed by atoms with Crippen molar-refractivity contribution in [2.75, 3.05) is 19.7 Å². The number of rotatable bonds is 4. The van der Waals surface area contributed by atoms with Crippen molar-refractivity contribution < 1.29 is 23.8 Å². The maximum atomic E-state index is 12.4. The van der Waals surface area contributed by atoms with Crippen molar-refractivity contribution in [3.05, 3.63) is 41.7 Å². The minimum Gasteiger partial charge on any atom is -0.479 e. The van der Waals surface area contributed by atoms with Crippen molar-refractivity contribution in [1.82, 2.24) is 4.90 Å². The number of furan rings is 1. The number of benzene rings is 1. The molecule has 6 heteroatoms. The highest BCUT2D eigenvalue weighted by Crippen LogP contribution is 2.27. The summed E-state index contributed by atoms with van der Waals surface area (Å²) >= 11 is 0. The molecule has 1 N–H and O–H groups in total. The van der Waals surface area contributed by atoms with E-state index in [4.69, 9.17) is 14.3 Å². The molecule has 0 radical (unpaired) electrons. The number of nitrogens with zero attached hydrogens (tertiary/aromatic N) is 1. The molecule has 0 spiro atoms. The van der Waals surface area contributed by atoms with E-state index >= 15 is 0 Å². The van der Waals surface area contributed by atoms with E-state index in [1.807, 2.05) is 31.2 Å². The van der Waals surface area contributed by atoms with Gasteiger partial charge in [0.15, 0.2) is 6.10 Å². The van der Waals surface area contributed by atoms with Crippen LogP contribution in [0.2, 0.25) is 0 Å². The van der Waals surface area contributed by atoms with E-state index < -0.39 is 12.1 Å². The van der Waals surface area contributed by atoms with Crippen LogP contribution < -0.4 is 0 Å². The number of aliphatic carboxylic acids is 1. The van der Waals surface area contributed by atoms with Crippen LogP contribution in [0, 0.1) is 0 Å². The third-order valence-electron chi connectivity index (χ3n) is 4.08. The highest BCUT2D eigenvalue weighted by Gasteiger charge is 2.28. The molecule has 1 aromatic heterocycles. The SMILES string of the molecule is CCc1oc2ccccc2c1C=CC(=O)N1CCOC(C(=O)O)C1. The zero-order valence-corrected chi connectivity index (χ0v) is 13.4. The second-order valence-corrected chi connectivity index (χ2v) is 5.60. The fourth-order valence-corrected chi connectivity index (χ4v) is 2.82. The fraction of sp³-hybridized carbons (Fsp3) is 0.333. The van der Waals surface area contributed by atoms with Gasteiger partial charge in [0.2, 0.25) is 5.91 Å². The van der Waals surface area contributed by atoms with Crippen molar-refractivity contribution in [1.29, 1.82) is 0 Å². The average Bonchev–Trinajstić information content (AvgIpc) is 2.97. The Balaban J connectivity index is 1.80. The average molecular weight is 329 g/mol. The van der Waals surface area contributed by atoms with Crippen molar-refractivity contribution in [3.63, 3.8) is 0 Å². The molecular formula is C18H19NO5. The maximum absolute atomic E-state index is 12.4. The van der Waals surface area contributed by atoms with Gasteiger partial charge >= 0.3 is 5.97 Å². The molecule has 1 unspecified atom stereocenters. The van der Waals surface area contributed by atoms with Crippen LogP contribution in [0.15, 0.2) is 34.8 Å². The Labute approximate surface area is 139 Å². The number of carbonyl (C=O) groups is 2. The largest absolute Gasteiger partial charge is 0.479 e. The predicted molar refractivity (Wildman–Crippen MR) is 88.6 cm³/mol. The highest BCUT2D eigenvalue weighted by molar-refractivity contribution is 5.96. The van der Waals surface area contributed by atoms with E-state index in [1.54, 1.807) is 6.08 Å². The van der Waals surface area contributed by atoms with Crippen LogP contribution in [0.4, 0.5) is 0 Å². The summed E-state index contributed by atoms with van der Waals surface area (Å²) in [5, 5.41) is 9.97. The summed E-state index contributed by atoms with van der Waals surface area (Å²) < 4.78 is 10.9. The van der Waals surface area contributed by atoms with Crippen molar-refractivity contribution >= 4 is 28.9 Å². The summed E-state index contributed by atoms with van der Waals surface area (Å²) in [6, 6.07) is 7.68. The van der Waals surface area contributed by atoms with Gasteiger partial charge in [0.25, 0.3) is 0 Å². The van der Waals surface area contributed by atoms with Crippen LogP contribution in [-0.2, 0) is 20.7 Å². The molecule has 0 aliphatic carbocycles. The number of aryl methyl sites for hydroxylation is 1. The Hall–Kier alpha value is -2.60. The first-order chi connectivity index (χ1) is 11.6. The van der Waals surface area contributed by atoms with Crippen molar-refractivity contribution in [2.45, 2.75) is 19.4 Å². The molecule has 1 aromatic carbocycles. The van der Waals surface area contributed by atoms with Crippen LogP contribution in [-0.4, -0.2) is 47.7 Å². The van der Waals surface area contributed by atoms with E-state index in [9.17, 15) is 9.59 Å². The molecule has 1 atom stereocenters. The maximum Gasteiger partial charge on any atom is 0.334 e. The summed E-state index contributed by atoms with van der Waals surface area (Å²) in [6.45, 7) is 2.67. The lowest BCUT2D eigenvalue weighted by molar-refractivity contribution is -0.158. The van der Waals surface area contributed by atoms with Gasteiger partial charge in [-0.1, -0.05) is 25.1 Å². The number of carbonyl (C=O) groups excluding carboxylic acids is 1. The van der Waals surface area contributed by atoms with Gasteiger partial charge in [-0.3, -0.25) is 4.79 Å². The van der Waals surface area contributed by atoms with E-state index in [-0.39, 0.29) is 19.1 Å². The first kappa shape index (κ1) is 16.3. The summed E-state index contributed by atoms with van der Waals surface area (Å²) in [5.41, 5.74) is 1.68. The third-order valence-corrected chi connectivity index (χ3v) is 4.08. The standard InChI is InChI=1S/C18H19NO5/c1-2-14-13(12-5-3-4-6-15(12)24-14)7-8-17(20)19-9-10-23-16(11-19)18(21)22/h3-8,16H,2,9-11H2,1H3,(H,21,22). The third kappa shape index (κ3) is 3.19. The molecule has 24 heavy (non-hydrogen) atoms. The molecule has 1 fully saturated rings. The zero-order chi connectivity index (χ0) is 17.1. The Morgan fingerprint density at radius 2 is 2.17 bits per heavy atom. The molecule has 2 aromatic rings. The van der Waals surface area contributed by atoms with E-state index in [2.05, 4.69) is 0 Å². The summed E-state index contributed by atoms with van der Waals surface area (Å²) in [6.07, 6.45) is 2.98. The molecule has 1 amide bonds. The van der Waals surface area contributed by atoms with Crippen LogP contribution in [0.5, 0.6) is 0 Å². The number of morpholine rings is 1. The molecule has 6 nitrogen and oxygen atoms in total. The number of carboxylic acid groups (broad SMARTS) is 1.